The van der Waals surface area contributed by atoms with Crippen LogP contribution in [-0.2, 0) is 9.59 Å². The summed E-state index contributed by atoms with van der Waals surface area (Å²) < 4.78 is 21.5. The minimum atomic E-state index is -0.653. The van der Waals surface area contributed by atoms with Gasteiger partial charge in [0.2, 0.25) is 11.8 Å². The Morgan fingerprint density at radius 2 is 1.65 bits per heavy atom. The molecule has 1 atom stereocenters. The van der Waals surface area contributed by atoms with E-state index in [9.17, 15) is 14.4 Å². The molecule has 2 aromatic carbocycles. The van der Waals surface area contributed by atoms with E-state index in [1.165, 1.54) is 32.3 Å². The summed E-state index contributed by atoms with van der Waals surface area (Å²) in [7, 11) is 4.50. The molecule has 0 bridgehead atoms. The quantitative estimate of drug-likeness (QED) is 0.568. The Kier molecular flexibility index (Phi) is 7.83. The van der Waals surface area contributed by atoms with Gasteiger partial charge in [-0.2, -0.15) is 0 Å². The molecule has 0 aromatic heterocycles. The van der Waals surface area contributed by atoms with E-state index >= 15 is 0 Å². The Bertz CT molecular complexity index is 1070. The van der Waals surface area contributed by atoms with Crippen LogP contribution in [0.4, 0.5) is 5.69 Å². The van der Waals surface area contributed by atoms with Gasteiger partial charge in [0.25, 0.3) is 5.91 Å². The summed E-state index contributed by atoms with van der Waals surface area (Å²) >= 11 is 0. The third-order valence-electron chi connectivity index (χ3n) is 5.26. The molecule has 3 amide bonds. The fourth-order valence-corrected chi connectivity index (χ4v) is 3.58. The van der Waals surface area contributed by atoms with Crippen molar-refractivity contribution in [1.82, 2.24) is 10.9 Å². The fourth-order valence-electron chi connectivity index (χ4n) is 3.58. The van der Waals surface area contributed by atoms with Gasteiger partial charge in [-0.3, -0.25) is 25.2 Å². The first kappa shape index (κ1) is 24.7. The standard InChI is InChI=1S/C24H29N3O7/c1-14(2)34-20-8-6-15(10-21(20)33-5)23(29)25-26-24(30)16-11-22(28)27(13-16)18-12-17(31-3)7-9-19(18)32-4/h6-10,12,14,16H,11,13H2,1-5H3,(H,25,29)(H,26,30). The van der Waals surface area contributed by atoms with Crippen LogP contribution in [0.15, 0.2) is 36.4 Å². The normalized spacial score (nSPS) is 15.2. The molecule has 1 heterocycles. The predicted molar refractivity (Wildman–Crippen MR) is 124 cm³/mol. The molecule has 1 aliphatic rings. The molecular weight excluding hydrogens is 442 g/mol. The number of nitrogens with one attached hydrogen (secondary N) is 2. The topological polar surface area (TPSA) is 115 Å². The highest BCUT2D eigenvalue weighted by Gasteiger charge is 2.36. The second-order valence-electron chi connectivity index (χ2n) is 7.92. The highest BCUT2D eigenvalue weighted by atomic mass is 16.5. The minimum Gasteiger partial charge on any atom is -0.497 e. The minimum absolute atomic E-state index is 0.00285. The molecule has 1 aliphatic heterocycles. The van der Waals surface area contributed by atoms with E-state index in [1.807, 2.05) is 13.8 Å². The number of benzene rings is 2. The molecule has 3 rings (SSSR count). The van der Waals surface area contributed by atoms with Crippen molar-refractivity contribution in [3.8, 4) is 23.0 Å². The van der Waals surface area contributed by atoms with Gasteiger partial charge >= 0.3 is 0 Å². The summed E-state index contributed by atoms with van der Waals surface area (Å²) in [6.07, 6.45) is -0.0598. The number of amides is 3. The zero-order valence-corrected chi connectivity index (χ0v) is 19.8. The number of hydrogen-bond donors (Lipinski definition) is 2. The van der Waals surface area contributed by atoms with Crippen LogP contribution in [0.5, 0.6) is 23.0 Å². The number of ether oxygens (including phenoxy) is 4. The van der Waals surface area contributed by atoms with E-state index in [0.29, 0.717) is 28.7 Å². The van der Waals surface area contributed by atoms with Crippen LogP contribution >= 0.6 is 0 Å². The summed E-state index contributed by atoms with van der Waals surface area (Å²) in [6, 6.07) is 9.82. The SMILES string of the molecule is COc1ccc(OC)c(N2CC(C(=O)NNC(=O)c3ccc(OC(C)C)c(OC)c3)CC2=O)c1. The van der Waals surface area contributed by atoms with Crippen LogP contribution in [0.25, 0.3) is 0 Å². The van der Waals surface area contributed by atoms with E-state index in [4.69, 9.17) is 18.9 Å². The molecule has 10 nitrogen and oxygen atoms in total. The maximum Gasteiger partial charge on any atom is 0.269 e. The number of methoxy groups -OCH3 is 3. The van der Waals surface area contributed by atoms with Gasteiger partial charge < -0.3 is 23.8 Å². The molecule has 1 unspecified atom stereocenters. The van der Waals surface area contributed by atoms with Crippen molar-refractivity contribution in [3.63, 3.8) is 0 Å². The first-order valence-electron chi connectivity index (χ1n) is 10.7. The van der Waals surface area contributed by atoms with Gasteiger partial charge in [0.15, 0.2) is 11.5 Å². The van der Waals surface area contributed by atoms with Gasteiger partial charge in [-0.05, 0) is 44.2 Å². The lowest BCUT2D eigenvalue weighted by atomic mass is 10.1. The van der Waals surface area contributed by atoms with Crippen molar-refractivity contribution in [3.05, 3.63) is 42.0 Å². The first-order chi connectivity index (χ1) is 16.3. The number of hydrogen-bond acceptors (Lipinski definition) is 7. The number of rotatable bonds is 8. The van der Waals surface area contributed by atoms with Crippen molar-refractivity contribution in [2.75, 3.05) is 32.8 Å². The lowest BCUT2D eigenvalue weighted by Crippen LogP contribution is -2.45. The predicted octanol–water partition coefficient (Wildman–Crippen LogP) is 2.31. The number of anilines is 1. The Morgan fingerprint density at radius 3 is 2.29 bits per heavy atom. The Labute approximate surface area is 198 Å². The Hall–Kier alpha value is -3.95. The molecule has 2 aromatic rings. The average molecular weight is 472 g/mol. The zero-order chi connectivity index (χ0) is 24.8. The van der Waals surface area contributed by atoms with Gasteiger partial charge in [-0.1, -0.05) is 0 Å². The van der Waals surface area contributed by atoms with Gasteiger partial charge in [0, 0.05) is 24.6 Å². The molecular formula is C24H29N3O7. The van der Waals surface area contributed by atoms with E-state index in [-0.39, 0.29) is 30.5 Å². The fraction of sp³-hybridized carbons (Fsp3) is 0.375. The zero-order valence-electron chi connectivity index (χ0n) is 19.8. The molecule has 0 aliphatic carbocycles. The number of hydrazine groups is 1. The molecule has 34 heavy (non-hydrogen) atoms. The molecule has 0 radical (unpaired) electrons. The highest BCUT2D eigenvalue weighted by molar-refractivity contribution is 6.02. The Balaban J connectivity index is 1.64. The second-order valence-corrected chi connectivity index (χ2v) is 7.92. The lowest BCUT2D eigenvalue weighted by Gasteiger charge is -2.20. The molecule has 182 valence electrons. The lowest BCUT2D eigenvalue weighted by molar-refractivity contribution is -0.126. The number of nitrogens with zero attached hydrogens (tertiary/aromatic N) is 1. The van der Waals surface area contributed by atoms with Crippen LogP contribution < -0.4 is 34.7 Å². The second kappa shape index (κ2) is 10.8. The average Bonchev–Trinajstić information content (AvgIpc) is 3.23. The number of carbonyl (C=O) groups excluding carboxylic acids is 3. The van der Waals surface area contributed by atoms with Crippen LogP contribution in [0, 0.1) is 5.92 Å². The van der Waals surface area contributed by atoms with Crippen LogP contribution in [0.1, 0.15) is 30.6 Å². The number of carbonyl (C=O) groups is 3. The summed E-state index contributed by atoms with van der Waals surface area (Å²) in [4.78, 5) is 39.3. The van der Waals surface area contributed by atoms with Gasteiger partial charge in [-0.25, -0.2) is 0 Å². The van der Waals surface area contributed by atoms with Crippen molar-refractivity contribution in [1.29, 1.82) is 0 Å². The maximum atomic E-state index is 12.7. The van der Waals surface area contributed by atoms with E-state index < -0.39 is 17.7 Å². The third-order valence-corrected chi connectivity index (χ3v) is 5.26. The molecule has 1 fully saturated rings. The summed E-state index contributed by atoms with van der Waals surface area (Å²) in [6.45, 7) is 3.91. The van der Waals surface area contributed by atoms with Crippen molar-refractivity contribution in [2.24, 2.45) is 5.92 Å². The molecule has 10 heteroatoms. The molecule has 0 saturated carbocycles. The van der Waals surface area contributed by atoms with E-state index in [1.54, 1.807) is 30.3 Å². The van der Waals surface area contributed by atoms with E-state index in [2.05, 4.69) is 10.9 Å². The summed E-state index contributed by atoms with van der Waals surface area (Å²) in [5.41, 5.74) is 5.59. The van der Waals surface area contributed by atoms with Crippen molar-refractivity contribution < 1.29 is 33.3 Å². The van der Waals surface area contributed by atoms with Gasteiger partial charge in [0.05, 0.1) is 39.0 Å². The van der Waals surface area contributed by atoms with Crippen molar-refractivity contribution >= 4 is 23.4 Å². The Morgan fingerprint density at radius 1 is 0.941 bits per heavy atom. The first-order valence-corrected chi connectivity index (χ1v) is 10.7. The smallest absolute Gasteiger partial charge is 0.269 e. The van der Waals surface area contributed by atoms with Gasteiger partial charge in [-0.15, -0.1) is 0 Å². The monoisotopic (exact) mass is 471 g/mol. The van der Waals surface area contributed by atoms with Gasteiger partial charge in [0.1, 0.15) is 11.5 Å². The maximum absolute atomic E-state index is 12.7. The van der Waals surface area contributed by atoms with Crippen LogP contribution in [0.2, 0.25) is 0 Å². The van der Waals surface area contributed by atoms with E-state index in [0.717, 1.165) is 0 Å². The highest BCUT2D eigenvalue weighted by Crippen LogP contribution is 2.36. The van der Waals surface area contributed by atoms with Crippen molar-refractivity contribution in [2.45, 2.75) is 26.4 Å². The third kappa shape index (κ3) is 5.51. The van der Waals surface area contributed by atoms with Crippen LogP contribution in [-0.4, -0.2) is 51.7 Å². The molecule has 0 spiro atoms. The summed E-state index contributed by atoms with van der Waals surface area (Å²) in [5.74, 6) is 0.0682. The van der Waals surface area contributed by atoms with Crippen LogP contribution in [0.3, 0.4) is 0 Å². The largest absolute Gasteiger partial charge is 0.497 e. The summed E-state index contributed by atoms with van der Waals surface area (Å²) in [5, 5.41) is 0. The molecule has 1 saturated heterocycles. The molecule has 2 N–H and O–H groups in total.